The minimum Gasteiger partial charge on any atom is -0.506 e. The zero-order chi connectivity index (χ0) is 17.9. The molecule has 4 aliphatic heterocycles. The summed E-state index contributed by atoms with van der Waals surface area (Å²) in [5.74, 6) is 1.36. The number of piperazine rings is 4. The van der Waals surface area contributed by atoms with Gasteiger partial charge in [-0.2, -0.15) is 0 Å². The number of benzene rings is 1. The summed E-state index contributed by atoms with van der Waals surface area (Å²) in [6.45, 7) is 10.6. The average Bonchev–Trinajstić information content (AvgIpc) is 2.70. The molecule has 0 amide bonds. The van der Waals surface area contributed by atoms with Crippen molar-refractivity contribution < 1.29 is 5.11 Å². The van der Waals surface area contributed by atoms with Gasteiger partial charge in [0.25, 0.3) is 0 Å². The Morgan fingerprint density at radius 3 is 2.42 bits per heavy atom. The summed E-state index contributed by atoms with van der Waals surface area (Å²) in [5, 5.41) is 13.7. The fraction of sp³-hybridized carbons (Fsp3) is 0.632. The highest BCUT2D eigenvalue weighted by Crippen LogP contribution is 2.27. The fourth-order valence-electron chi connectivity index (χ4n) is 4.35. The molecule has 4 saturated heterocycles. The lowest BCUT2D eigenvalue weighted by atomic mass is 10.1. The number of fused-ring (bicyclic) bond motifs is 3. The van der Waals surface area contributed by atoms with Gasteiger partial charge in [0.1, 0.15) is 5.75 Å². The molecule has 4 heterocycles. The van der Waals surface area contributed by atoms with Crippen LogP contribution in [0, 0.1) is 0 Å². The van der Waals surface area contributed by atoms with Crippen LogP contribution in [-0.2, 0) is 0 Å². The van der Waals surface area contributed by atoms with Gasteiger partial charge >= 0.3 is 0 Å². The van der Waals surface area contributed by atoms with Crippen LogP contribution in [0.4, 0.5) is 5.69 Å². The normalized spacial score (nSPS) is 29.1. The van der Waals surface area contributed by atoms with E-state index in [4.69, 9.17) is 0 Å². The molecule has 0 aromatic heterocycles. The lowest BCUT2D eigenvalue weighted by Gasteiger charge is -2.48. The number of para-hydroxylation sites is 2. The van der Waals surface area contributed by atoms with Crippen molar-refractivity contribution in [2.45, 2.75) is 6.04 Å². The lowest BCUT2D eigenvalue weighted by Crippen LogP contribution is -2.64. The van der Waals surface area contributed by atoms with Crippen molar-refractivity contribution in [1.82, 2.24) is 20.0 Å². The Balaban J connectivity index is 1.29. The molecule has 7 heteroatoms. The maximum absolute atomic E-state index is 10.1. The largest absolute Gasteiger partial charge is 0.506 e. The van der Waals surface area contributed by atoms with Gasteiger partial charge in [-0.1, -0.05) is 12.1 Å². The van der Waals surface area contributed by atoms with E-state index in [1.165, 1.54) is 32.7 Å². The number of phenols is 1. The van der Waals surface area contributed by atoms with Crippen LogP contribution in [-0.4, -0.2) is 104 Å². The zero-order valence-electron chi connectivity index (χ0n) is 15.6. The minimum atomic E-state index is 0.361. The molecule has 142 valence electrons. The van der Waals surface area contributed by atoms with Crippen LogP contribution in [0.25, 0.3) is 0 Å². The highest BCUT2D eigenvalue weighted by molar-refractivity contribution is 5.80. The number of phenolic OH excluding ortho intramolecular Hbond substituents is 1. The van der Waals surface area contributed by atoms with E-state index in [9.17, 15) is 5.11 Å². The van der Waals surface area contributed by atoms with Crippen LogP contribution in [0.2, 0.25) is 0 Å². The lowest BCUT2D eigenvalue weighted by molar-refractivity contribution is 0.0152. The van der Waals surface area contributed by atoms with Crippen LogP contribution in [0.3, 0.4) is 0 Å². The third kappa shape index (κ3) is 3.59. The minimum absolute atomic E-state index is 0.361. The molecule has 0 aliphatic carbocycles. The smallest absolute Gasteiger partial charge is 0.193 e. The van der Waals surface area contributed by atoms with Gasteiger partial charge in [0.05, 0.1) is 5.69 Å². The number of nitrogens with zero attached hydrogens (tertiary/aromatic N) is 5. The first-order valence-electron chi connectivity index (χ1n) is 9.69. The summed E-state index contributed by atoms with van der Waals surface area (Å²) in [7, 11) is 1.87. The Morgan fingerprint density at radius 1 is 1.08 bits per heavy atom. The summed E-state index contributed by atoms with van der Waals surface area (Å²) in [6.07, 6.45) is 0. The first kappa shape index (κ1) is 17.4. The van der Waals surface area contributed by atoms with E-state index >= 15 is 0 Å². The summed E-state index contributed by atoms with van der Waals surface area (Å²) in [5.41, 5.74) is 0.926. The molecule has 0 spiro atoms. The van der Waals surface area contributed by atoms with E-state index in [-0.39, 0.29) is 0 Å². The van der Waals surface area contributed by atoms with Crippen LogP contribution in [0.15, 0.2) is 29.3 Å². The van der Waals surface area contributed by atoms with Gasteiger partial charge in [-0.05, 0) is 12.1 Å². The van der Waals surface area contributed by atoms with E-state index in [2.05, 4.69) is 29.9 Å². The van der Waals surface area contributed by atoms with Gasteiger partial charge in [-0.25, -0.2) is 0 Å². The van der Waals surface area contributed by atoms with Crippen molar-refractivity contribution in [3.8, 4) is 5.75 Å². The Morgan fingerprint density at radius 2 is 1.81 bits per heavy atom. The van der Waals surface area contributed by atoms with Crippen molar-refractivity contribution in [2.24, 2.45) is 4.99 Å². The van der Waals surface area contributed by atoms with Gasteiger partial charge in [-0.15, -0.1) is 0 Å². The third-order valence-electron chi connectivity index (χ3n) is 5.90. The molecule has 5 rings (SSSR count). The summed E-state index contributed by atoms with van der Waals surface area (Å²) in [6, 6.07) is 8.18. The quantitative estimate of drug-likeness (QED) is 0.590. The number of rotatable bonds is 3. The second kappa shape index (κ2) is 7.72. The molecule has 1 unspecified atom stereocenters. The Kier molecular flexibility index (Phi) is 5.17. The Bertz CT molecular complexity index is 635. The van der Waals surface area contributed by atoms with E-state index < -0.39 is 0 Å². The van der Waals surface area contributed by atoms with E-state index in [1.807, 2.05) is 25.2 Å². The van der Waals surface area contributed by atoms with Crippen LogP contribution >= 0.6 is 0 Å². The predicted octanol–water partition coefficient (Wildman–Crippen LogP) is 0.0894. The van der Waals surface area contributed by atoms with Crippen molar-refractivity contribution in [3.05, 3.63) is 24.3 Å². The molecular formula is C19H30N6O. The third-order valence-corrected chi connectivity index (χ3v) is 5.90. The molecule has 4 aliphatic rings. The van der Waals surface area contributed by atoms with E-state index in [1.54, 1.807) is 6.07 Å². The second-order valence-electron chi connectivity index (χ2n) is 7.38. The fourth-order valence-corrected chi connectivity index (χ4v) is 4.35. The van der Waals surface area contributed by atoms with Crippen molar-refractivity contribution in [3.63, 3.8) is 0 Å². The summed E-state index contributed by atoms with van der Waals surface area (Å²) < 4.78 is 0. The van der Waals surface area contributed by atoms with Crippen molar-refractivity contribution in [2.75, 3.05) is 77.4 Å². The van der Waals surface area contributed by atoms with Crippen LogP contribution in [0.1, 0.15) is 0 Å². The molecule has 4 fully saturated rings. The molecule has 2 bridgehead atoms. The molecule has 1 aromatic carbocycles. The van der Waals surface area contributed by atoms with Crippen LogP contribution in [0.5, 0.6) is 5.75 Å². The molecule has 2 N–H and O–H groups in total. The molecular weight excluding hydrogens is 328 g/mol. The average molecular weight is 358 g/mol. The van der Waals surface area contributed by atoms with Gasteiger partial charge < -0.3 is 20.2 Å². The maximum atomic E-state index is 10.1. The highest BCUT2D eigenvalue weighted by Gasteiger charge is 2.32. The Hall–Kier alpha value is -1.99. The standard InChI is InChI=1S/C19H30N6O/c1-20-19(21-14-16-15-22-6-8-23(16)9-7-22)25-12-10-24(11-13-25)17-4-2-3-5-18(17)26/h2-5,16,26H,6-15H2,1H3,(H,20,21). The van der Waals surface area contributed by atoms with Gasteiger partial charge in [0.15, 0.2) is 5.96 Å². The highest BCUT2D eigenvalue weighted by atomic mass is 16.3. The summed E-state index contributed by atoms with van der Waals surface area (Å²) >= 11 is 0. The monoisotopic (exact) mass is 358 g/mol. The molecule has 7 nitrogen and oxygen atoms in total. The molecule has 1 aromatic rings. The number of aromatic hydroxyl groups is 1. The number of nitrogens with one attached hydrogen (secondary N) is 1. The summed E-state index contributed by atoms with van der Waals surface area (Å²) in [4.78, 5) is 14.3. The molecule has 0 saturated carbocycles. The Labute approximate surface area is 155 Å². The number of hydrogen-bond acceptors (Lipinski definition) is 5. The first-order valence-corrected chi connectivity index (χ1v) is 9.69. The van der Waals surface area contributed by atoms with Crippen molar-refractivity contribution in [1.29, 1.82) is 0 Å². The van der Waals surface area contributed by atoms with Gasteiger partial charge in [0, 0.05) is 78.5 Å². The molecule has 26 heavy (non-hydrogen) atoms. The zero-order valence-corrected chi connectivity index (χ0v) is 15.6. The van der Waals surface area contributed by atoms with Crippen LogP contribution < -0.4 is 10.2 Å². The van der Waals surface area contributed by atoms with Gasteiger partial charge in [0.2, 0.25) is 0 Å². The van der Waals surface area contributed by atoms with E-state index in [0.29, 0.717) is 11.8 Å². The molecule has 0 radical (unpaired) electrons. The van der Waals surface area contributed by atoms with E-state index in [0.717, 1.165) is 44.4 Å². The topological polar surface area (TPSA) is 57.6 Å². The van der Waals surface area contributed by atoms with Crippen molar-refractivity contribution >= 4 is 11.6 Å². The van der Waals surface area contributed by atoms with Gasteiger partial charge in [-0.3, -0.25) is 14.8 Å². The first-order chi connectivity index (χ1) is 12.7. The maximum Gasteiger partial charge on any atom is 0.193 e. The number of aliphatic imine (C=N–C) groups is 1. The second-order valence-corrected chi connectivity index (χ2v) is 7.38. The molecule has 1 atom stereocenters. The number of hydrogen-bond donors (Lipinski definition) is 2. The SMILES string of the molecule is CN=C(NCC1CN2CCN1CC2)N1CCN(c2ccccc2O)CC1. The number of anilines is 1. The number of guanidine groups is 1. The predicted molar refractivity (Wildman–Crippen MR) is 105 cm³/mol.